The quantitative estimate of drug-likeness (QED) is 0.633. The average Bonchev–Trinajstić information content (AvgIpc) is 2.36. The molecule has 2 aromatic carbocycles. The van der Waals surface area contributed by atoms with Crippen LogP contribution in [0.2, 0.25) is 0 Å². The highest BCUT2D eigenvalue weighted by molar-refractivity contribution is 6.09. The van der Waals surface area contributed by atoms with Crippen molar-refractivity contribution in [3.05, 3.63) is 47.5 Å². The second-order valence-electron chi connectivity index (χ2n) is 3.86. The molecule has 0 unspecified atom stereocenters. The molecule has 2 aromatic rings. The van der Waals surface area contributed by atoms with Gasteiger partial charge in [-0.25, -0.2) is 4.79 Å². The molecule has 1 N–H and O–H groups in total. The Labute approximate surface area is 99.5 Å². The van der Waals surface area contributed by atoms with Crippen molar-refractivity contribution >= 4 is 22.5 Å². The van der Waals surface area contributed by atoms with Gasteiger partial charge in [0, 0.05) is 11.3 Å². The normalized spacial score (nSPS) is 10.2. The van der Waals surface area contributed by atoms with Crippen LogP contribution in [0, 0.1) is 5.41 Å². The molecule has 17 heavy (non-hydrogen) atoms. The fourth-order valence-electron chi connectivity index (χ4n) is 1.86. The first kappa shape index (κ1) is 11.3. The van der Waals surface area contributed by atoms with Gasteiger partial charge in [0.1, 0.15) is 0 Å². The van der Waals surface area contributed by atoms with Gasteiger partial charge in [0.2, 0.25) is 0 Å². The molecule has 0 bridgehead atoms. The fourth-order valence-corrected chi connectivity index (χ4v) is 1.86. The number of hydrogen-bond donors (Lipinski definition) is 1. The van der Waals surface area contributed by atoms with Gasteiger partial charge in [-0.2, -0.15) is 0 Å². The van der Waals surface area contributed by atoms with Gasteiger partial charge in [-0.05, 0) is 29.8 Å². The Hall–Kier alpha value is -2.16. The number of carbonyl (C=O) groups excluding carboxylic acids is 1. The molecule has 0 heterocycles. The van der Waals surface area contributed by atoms with Crippen molar-refractivity contribution in [3.63, 3.8) is 0 Å². The Morgan fingerprint density at radius 1 is 1.24 bits per heavy atom. The van der Waals surface area contributed by atoms with E-state index in [9.17, 15) is 4.79 Å². The first-order chi connectivity index (χ1) is 8.13. The van der Waals surface area contributed by atoms with Crippen molar-refractivity contribution in [1.82, 2.24) is 0 Å². The number of fused-ring (bicyclic) bond motifs is 1. The standard InChI is InChI=1S/C14H13NO2/c1-9(15)12-5-3-4-10-8-11(14(16)17-2)6-7-13(10)12/h3-8,15H,1-2H3. The maximum atomic E-state index is 11.4. The summed E-state index contributed by atoms with van der Waals surface area (Å²) < 4.78 is 4.68. The monoisotopic (exact) mass is 227 g/mol. The highest BCUT2D eigenvalue weighted by Crippen LogP contribution is 2.21. The molecule has 3 heteroatoms. The van der Waals surface area contributed by atoms with E-state index in [1.807, 2.05) is 24.3 Å². The second-order valence-corrected chi connectivity index (χ2v) is 3.86. The molecule has 0 aliphatic carbocycles. The van der Waals surface area contributed by atoms with Crippen molar-refractivity contribution in [1.29, 1.82) is 5.41 Å². The first-order valence-electron chi connectivity index (χ1n) is 5.30. The largest absolute Gasteiger partial charge is 0.465 e. The molecule has 0 spiro atoms. The molecule has 3 nitrogen and oxygen atoms in total. The van der Waals surface area contributed by atoms with Crippen LogP contribution in [0.15, 0.2) is 36.4 Å². The fraction of sp³-hybridized carbons (Fsp3) is 0.143. The smallest absolute Gasteiger partial charge is 0.337 e. The summed E-state index contributed by atoms with van der Waals surface area (Å²) >= 11 is 0. The summed E-state index contributed by atoms with van der Waals surface area (Å²) in [6, 6.07) is 11.1. The number of esters is 1. The lowest BCUT2D eigenvalue weighted by molar-refractivity contribution is 0.0601. The van der Waals surface area contributed by atoms with E-state index >= 15 is 0 Å². The molecule has 0 radical (unpaired) electrons. The first-order valence-corrected chi connectivity index (χ1v) is 5.30. The third kappa shape index (κ3) is 2.04. The SMILES string of the molecule is COC(=O)c1ccc2c(C(C)=N)cccc2c1. The summed E-state index contributed by atoms with van der Waals surface area (Å²) in [6.07, 6.45) is 0. The minimum absolute atomic E-state index is 0.344. The molecule has 0 fully saturated rings. The van der Waals surface area contributed by atoms with Crippen LogP contribution >= 0.6 is 0 Å². The van der Waals surface area contributed by atoms with Gasteiger partial charge >= 0.3 is 5.97 Å². The molecular formula is C14H13NO2. The summed E-state index contributed by atoms with van der Waals surface area (Å²) in [6.45, 7) is 1.75. The van der Waals surface area contributed by atoms with Gasteiger partial charge in [0.05, 0.1) is 12.7 Å². The highest BCUT2D eigenvalue weighted by atomic mass is 16.5. The van der Waals surface area contributed by atoms with Gasteiger partial charge in [-0.1, -0.05) is 24.3 Å². The van der Waals surface area contributed by atoms with E-state index in [0.717, 1.165) is 16.3 Å². The molecule has 0 aliphatic rings. The van der Waals surface area contributed by atoms with Gasteiger partial charge < -0.3 is 10.1 Å². The Morgan fingerprint density at radius 3 is 2.65 bits per heavy atom. The molecule has 0 amide bonds. The summed E-state index contributed by atoms with van der Waals surface area (Å²) in [5.74, 6) is -0.344. The Morgan fingerprint density at radius 2 is 2.00 bits per heavy atom. The number of nitrogens with one attached hydrogen (secondary N) is 1. The van der Waals surface area contributed by atoms with Crippen LogP contribution in [0.5, 0.6) is 0 Å². The number of benzene rings is 2. The van der Waals surface area contributed by atoms with E-state index in [4.69, 9.17) is 5.41 Å². The molecule has 2 rings (SSSR count). The zero-order valence-electron chi connectivity index (χ0n) is 9.78. The van der Waals surface area contributed by atoms with E-state index in [-0.39, 0.29) is 5.97 Å². The summed E-state index contributed by atoms with van der Waals surface area (Å²) in [7, 11) is 1.37. The number of methoxy groups -OCH3 is 1. The topological polar surface area (TPSA) is 50.2 Å². The van der Waals surface area contributed by atoms with Crippen LogP contribution in [0.4, 0.5) is 0 Å². The number of ether oxygens (including phenoxy) is 1. The Bertz CT molecular complexity index is 602. The van der Waals surface area contributed by atoms with Gasteiger partial charge in [-0.15, -0.1) is 0 Å². The van der Waals surface area contributed by atoms with E-state index < -0.39 is 0 Å². The molecule has 0 aromatic heterocycles. The zero-order chi connectivity index (χ0) is 12.4. The Balaban J connectivity index is 2.65. The van der Waals surface area contributed by atoms with Gasteiger partial charge in [0.25, 0.3) is 0 Å². The molecule has 0 saturated heterocycles. The zero-order valence-corrected chi connectivity index (χ0v) is 9.78. The van der Waals surface area contributed by atoms with Gasteiger partial charge in [-0.3, -0.25) is 0 Å². The van der Waals surface area contributed by atoms with Crippen molar-refractivity contribution in [3.8, 4) is 0 Å². The average molecular weight is 227 g/mol. The minimum Gasteiger partial charge on any atom is -0.465 e. The number of rotatable bonds is 2. The van der Waals surface area contributed by atoms with Crippen LogP contribution in [0.3, 0.4) is 0 Å². The third-order valence-electron chi connectivity index (χ3n) is 2.71. The molecule has 0 atom stereocenters. The molecule has 0 aliphatic heterocycles. The summed E-state index contributed by atoms with van der Waals surface area (Å²) in [5, 5.41) is 9.62. The molecular weight excluding hydrogens is 214 g/mol. The lowest BCUT2D eigenvalue weighted by Crippen LogP contribution is -2.01. The van der Waals surface area contributed by atoms with Crippen LogP contribution in [-0.4, -0.2) is 18.8 Å². The summed E-state index contributed by atoms with van der Waals surface area (Å²) in [4.78, 5) is 11.4. The van der Waals surface area contributed by atoms with Crippen molar-refractivity contribution < 1.29 is 9.53 Å². The van der Waals surface area contributed by atoms with Crippen molar-refractivity contribution in [2.24, 2.45) is 0 Å². The van der Waals surface area contributed by atoms with Crippen molar-refractivity contribution in [2.45, 2.75) is 6.92 Å². The second kappa shape index (κ2) is 4.37. The van der Waals surface area contributed by atoms with Crippen LogP contribution in [-0.2, 0) is 4.74 Å². The third-order valence-corrected chi connectivity index (χ3v) is 2.71. The predicted molar refractivity (Wildman–Crippen MR) is 67.8 cm³/mol. The van der Waals surface area contributed by atoms with Crippen LogP contribution < -0.4 is 0 Å². The molecule has 86 valence electrons. The van der Waals surface area contributed by atoms with E-state index in [2.05, 4.69) is 4.74 Å². The Kier molecular flexibility index (Phi) is 2.91. The van der Waals surface area contributed by atoms with Crippen molar-refractivity contribution in [2.75, 3.05) is 7.11 Å². The summed E-state index contributed by atoms with van der Waals surface area (Å²) in [5.41, 5.74) is 1.93. The van der Waals surface area contributed by atoms with Gasteiger partial charge in [0.15, 0.2) is 0 Å². The van der Waals surface area contributed by atoms with E-state index in [1.165, 1.54) is 7.11 Å². The predicted octanol–water partition coefficient (Wildman–Crippen LogP) is 3.01. The molecule has 0 saturated carbocycles. The highest BCUT2D eigenvalue weighted by Gasteiger charge is 2.08. The minimum atomic E-state index is -0.344. The maximum Gasteiger partial charge on any atom is 0.337 e. The van der Waals surface area contributed by atoms with E-state index in [1.54, 1.807) is 19.1 Å². The maximum absolute atomic E-state index is 11.4. The number of hydrogen-bond acceptors (Lipinski definition) is 3. The lowest BCUT2D eigenvalue weighted by Gasteiger charge is -2.06. The van der Waals surface area contributed by atoms with Crippen LogP contribution in [0.25, 0.3) is 10.8 Å². The lowest BCUT2D eigenvalue weighted by atomic mass is 10.00. The van der Waals surface area contributed by atoms with Crippen LogP contribution in [0.1, 0.15) is 22.8 Å². The van der Waals surface area contributed by atoms with E-state index in [0.29, 0.717) is 11.3 Å². The number of carbonyl (C=O) groups is 1.